The molecule has 96 valence electrons. The Morgan fingerprint density at radius 2 is 2.06 bits per heavy atom. The van der Waals surface area contributed by atoms with Crippen LogP contribution in [0.15, 0.2) is 30.3 Å². The maximum absolute atomic E-state index is 5.51. The van der Waals surface area contributed by atoms with E-state index in [1.807, 2.05) is 25.1 Å². The number of nitrogens with one attached hydrogen (secondary N) is 1. The standard InChI is InChI=1S/C15H20N2O/c1-3-9-16-15-13(11-18-4-2)10-12-7-5-6-8-14(12)17-15/h5-8,10H,3-4,9,11H2,1-2H3,(H,16,17). The molecular weight excluding hydrogens is 224 g/mol. The molecule has 1 heterocycles. The summed E-state index contributed by atoms with van der Waals surface area (Å²) in [6.07, 6.45) is 1.09. The molecule has 0 aliphatic carbocycles. The third kappa shape index (κ3) is 2.99. The Balaban J connectivity index is 2.35. The van der Waals surface area contributed by atoms with Gasteiger partial charge in [-0.15, -0.1) is 0 Å². The number of pyridine rings is 1. The Morgan fingerprint density at radius 3 is 2.83 bits per heavy atom. The maximum Gasteiger partial charge on any atom is 0.132 e. The van der Waals surface area contributed by atoms with Crippen molar-refractivity contribution in [3.8, 4) is 0 Å². The van der Waals surface area contributed by atoms with Gasteiger partial charge in [-0.3, -0.25) is 0 Å². The van der Waals surface area contributed by atoms with Crippen LogP contribution in [0.4, 0.5) is 5.82 Å². The Kier molecular flexibility index (Phi) is 4.53. The number of fused-ring (bicyclic) bond motifs is 1. The average molecular weight is 244 g/mol. The molecule has 2 rings (SSSR count). The minimum absolute atomic E-state index is 0.611. The molecular formula is C15H20N2O. The molecule has 0 saturated heterocycles. The number of anilines is 1. The lowest BCUT2D eigenvalue weighted by atomic mass is 10.1. The van der Waals surface area contributed by atoms with Crippen LogP contribution in [0.25, 0.3) is 10.9 Å². The lowest BCUT2D eigenvalue weighted by Gasteiger charge is -2.12. The molecule has 0 amide bonds. The van der Waals surface area contributed by atoms with E-state index in [-0.39, 0.29) is 0 Å². The fourth-order valence-corrected chi connectivity index (χ4v) is 1.88. The molecule has 1 aromatic carbocycles. The molecule has 0 bridgehead atoms. The van der Waals surface area contributed by atoms with Gasteiger partial charge in [0.15, 0.2) is 0 Å². The highest BCUT2D eigenvalue weighted by Crippen LogP contribution is 2.21. The number of benzene rings is 1. The predicted octanol–water partition coefficient (Wildman–Crippen LogP) is 3.59. The van der Waals surface area contributed by atoms with Crippen LogP contribution in [0, 0.1) is 0 Å². The lowest BCUT2D eigenvalue weighted by molar-refractivity contribution is 0.134. The van der Waals surface area contributed by atoms with Gasteiger partial charge in [-0.25, -0.2) is 4.98 Å². The van der Waals surface area contributed by atoms with Gasteiger partial charge in [0.25, 0.3) is 0 Å². The van der Waals surface area contributed by atoms with Crippen LogP contribution in [-0.4, -0.2) is 18.1 Å². The van der Waals surface area contributed by atoms with Gasteiger partial charge in [0.2, 0.25) is 0 Å². The number of hydrogen-bond acceptors (Lipinski definition) is 3. The predicted molar refractivity (Wildman–Crippen MR) is 75.9 cm³/mol. The molecule has 0 aliphatic rings. The van der Waals surface area contributed by atoms with Crippen LogP contribution in [0.3, 0.4) is 0 Å². The number of para-hydroxylation sites is 1. The second-order valence-corrected chi connectivity index (χ2v) is 4.25. The summed E-state index contributed by atoms with van der Waals surface area (Å²) in [6.45, 7) is 6.43. The van der Waals surface area contributed by atoms with Crippen molar-refractivity contribution >= 4 is 16.7 Å². The molecule has 18 heavy (non-hydrogen) atoms. The summed E-state index contributed by atoms with van der Waals surface area (Å²) < 4.78 is 5.51. The third-order valence-corrected chi connectivity index (χ3v) is 2.81. The summed E-state index contributed by atoms with van der Waals surface area (Å²) in [5, 5.41) is 4.53. The van der Waals surface area contributed by atoms with Crippen LogP contribution in [-0.2, 0) is 11.3 Å². The average Bonchev–Trinajstić information content (AvgIpc) is 2.42. The second kappa shape index (κ2) is 6.36. The zero-order chi connectivity index (χ0) is 12.8. The van der Waals surface area contributed by atoms with Crippen molar-refractivity contribution in [2.24, 2.45) is 0 Å². The number of ether oxygens (including phenoxy) is 1. The van der Waals surface area contributed by atoms with Gasteiger partial charge in [-0.2, -0.15) is 0 Å². The molecule has 1 aromatic heterocycles. The van der Waals surface area contributed by atoms with E-state index < -0.39 is 0 Å². The summed E-state index contributed by atoms with van der Waals surface area (Å²) >= 11 is 0. The molecule has 0 aliphatic heterocycles. The van der Waals surface area contributed by atoms with Crippen LogP contribution in [0.5, 0.6) is 0 Å². The summed E-state index contributed by atoms with van der Waals surface area (Å²) in [6, 6.07) is 10.3. The Bertz CT molecular complexity index is 464. The van der Waals surface area contributed by atoms with Gasteiger partial charge in [-0.1, -0.05) is 25.1 Å². The quantitative estimate of drug-likeness (QED) is 0.843. The third-order valence-electron chi connectivity index (χ3n) is 2.81. The van der Waals surface area contributed by atoms with E-state index in [1.54, 1.807) is 0 Å². The molecule has 0 unspecified atom stereocenters. The fraction of sp³-hybridized carbons (Fsp3) is 0.400. The summed E-state index contributed by atoms with van der Waals surface area (Å²) in [7, 11) is 0. The highest BCUT2D eigenvalue weighted by molar-refractivity contribution is 5.81. The van der Waals surface area contributed by atoms with Crippen molar-refractivity contribution < 1.29 is 4.74 Å². The largest absolute Gasteiger partial charge is 0.377 e. The van der Waals surface area contributed by atoms with E-state index in [9.17, 15) is 0 Å². The minimum Gasteiger partial charge on any atom is -0.377 e. The van der Waals surface area contributed by atoms with Crippen molar-refractivity contribution in [3.63, 3.8) is 0 Å². The van der Waals surface area contributed by atoms with Crippen LogP contribution in [0.2, 0.25) is 0 Å². The lowest BCUT2D eigenvalue weighted by Crippen LogP contribution is -2.06. The second-order valence-electron chi connectivity index (χ2n) is 4.25. The Hall–Kier alpha value is -1.61. The van der Waals surface area contributed by atoms with Gasteiger partial charge in [0.05, 0.1) is 12.1 Å². The van der Waals surface area contributed by atoms with Crippen molar-refractivity contribution in [1.29, 1.82) is 0 Å². The van der Waals surface area contributed by atoms with E-state index in [0.717, 1.165) is 41.9 Å². The van der Waals surface area contributed by atoms with Gasteiger partial charge in [-0.05, 0) is 25.5 Å². The van der Waals surface area contributed by atoms with Crippen LogP contribution < -0.4 is 5.32 Å². The van der Waals surface area contributed by atoms with Gasteiger partial charge in [0.1, 0.15) is 5.82 Å². The first-order valence-corrected chi connectivity index (χ1v) is 6.55. The Morgan fingerprint density at radius 1 is 1.22 bits per heavy atom. The van der Waals surface area contributed by atoms with E-state index >= 15 is 0 Å². The zero-order valence-electron chi connectivity index (χ0n) is 11.1. The number of aromatic nitrogens is 1. The maximum atomic E-state index is 5.51. The molecule has 0 spiro atoms. The fourth-order valence-electron chi connectivity index (χ4n) is 1.88. The van der Waals surface area contributed by atoms with E-state index in [0.29, 0.717) is 6.61 Å². The number of hydrogen-bond donors (Lipinski definition) is 1. The normalized spacial score (nSPS) is 10.8. The van der Waals surface area contributed by atoms with E-state index in [4.69, 9.17) is 4.74 Å². The van der Waals surface area contributed by atoms with Crippen molar-refractivity contribution in [3.05, 3.63) is 35.9 Å². The highest BCUT2D eigenvalue weighted by atomic mass is 16.5. The van der Waals surface area contributed by atoms with Crippen LogP contribution in [0.1, 0.15) is 25.8 Å². The molecule has 3 heteroatoms. The summed E-state index contributed by atoms with van der Waals surface area (Å²) in [5.74, 6) is 0.948. The molecule has 0 radical (unpaired) electrons. The van der Waals surface area contributed by atoms with Gasteiger partial charge < -0.3 is 10.1 Å². The molecule has 3 nitrogen and oxygen atoms in total. The molecule has 1 N–H and O–H groups in total. The van der Waals surface area contributed by atoms with Crippen LogP contribution >= 0.6 is 0 Å². The molecule has 2 aromatic rings. The van der Waals surface area contributed by atoms with Gasteiger partial charge >= 0.3 is 0 Å². The van der Waals surface area contributed by atoms with Crippen molar-refractivity contribution in [1.82, 2.24) is 4.98 Å². The zero-order valence-corrected chi connectivity index (χ0v) is 11.1. The smallest absolute Gasteiger partial charge is 0.132 e. The first-order chi connectivity index (χ1) is 8.85. The monoisotopic (exact) mass is 244 g/mol. The molecule has 0 saturated carbocycles. The summed E-state index contributed by atoms with van der Waals surface area (Å²) in [4.78, 5) is 4.67. The van der Waals surface area contributed by atoms with E-state index in [1.165, 1.54) is 0 Å². The topological polar surface area (TPSA) is 34.2 Å². The van der Waals surface area contributed by atoms with E-state index in [2.05, 4.69) is 29.4 Å². The highest BCUT2D eigenvalue weighted by Gasteiger charge is 2.06. The Labute approximate surface area is 108 Å². The minimum atomic E-state index is 0.611. The first kappa shape index (κ1) is 12.8. The van der Waals surface area contributed by atoms with Crippen molar-refractivity contribution in [2.45, 2.75) is 26.9 Å². The van der Waals surface area contributed by atoms with Crippen molar-refractivity contribution in [2.75, 3.05) is 18.5 Å². The SMILES string of the molecule is CCCNc1nc2ccccc2cc1COCC. The van der Waals surface area contributed by atoms with Gasteiger partial charge in [0, 0.05) is 24.1 Å². The summed E-state index contributed by atoms with van der Waals surface area (Å²) in [5.41, 5.74) is 2.15. The first-order valence-electron chi connectivity index (χ1n) is 6.55. The number of rotatable bonds is 6. The number of nitrogens with zero attached hydrogens (tertiary/aromatic N) is 1. The molecule has 0 fully saturated rings. The molecule has 0 atom stereocenters.